The molecule has 0 bridgehead atoms. The van der Waals surface area contributed by atoms with Crippen molar-refractivity contribution in [3.05, 3.63) is 34.9 Å². The predicted octanol–water partition coefficient (Wildman–Crippen LogP) is 4.45. The van der Waals surface area contributed by atoms with Crippen molar-refractivity contribution in [2.45, 2.75) is 57.1 Å². The van der Waals surface area contributed by atoms with Crippen LogP contribution >= 0.6 is 23.5 Å². The number of benzene rings is 1. The van der Waals surface area contributed by atoms with Crippen LogP contribution < -0.4 is 5.32 Å². The second-order valence-electron chi connectivity index (χ2n) is 6.11. The molecule has 3 unspecified atom stereocenters. The lowest BCUT2D eigenvalue weighted by atomic mass is 9.96. The second-order valence-corrected chi connectivity index (χ2v) is 8.88. The molecule has 1 fully saturated rings. The van der Waals surface area contributed by atoms with Gasteiger partial charge in [0, 0.05) is 28.0 Å². The van der Waals surface area contributed by atoms with Crippen LogP contribution in [0.4, 0.5) is 0 Å². The molecule has 0 radical (unpaired) electrons. The second kappa shape index (κ2) is 8.50. The highest BCUT2D eigenvalue weighted by atomic mass is 32.2. The average Bonchev–Trinajstić information content (AvgIpc) is 2.48. The number of rotatable bonds is 6. The van der Waals surface area contributed by atoms with Crippen molar-refractivity contribution in [3.63, 3.8) is 0 Å². The summed E-state index contributed by atoms with van der Waals surface area (Å²) in [5.74, 6) is 2.61. The van der Waals surface area contributed by atoms with Crippen molar-refractivity contribution >= 4 is 23.5 Å². The smallest absolute Gasteiger partial charge is 0.0320 e. The Labute approximate surface area is 139 Å². The van der Waals surface area contributed by atoms with Crippen LogP contribution in [-0.4, -0.2) is 34.6 Å². The van der Waals surface area contributed by atoms with Gasteiger partial charge in [-0.25, -0.2) is 0 Å². The van der Waals surface area contributed by atoms with Gasteiger partial charge in [0.05, 0.1) is 0 Å². The summed E-state index contributed by atoms with van der Waals surface area (Å²) in [5, 5.41) is 5.32. The van der Waals surface area contributed by atoms with Crippen LogP contribution in [0.15, 0.2) is 18.2 Å². The van der Waals surface area contributed by atoms with Crippen molar-refractivity contribution in [3.8, 4) is 0 Å². The molecule has 3 heteroatoms. The molecule has 0 amide bonds. The molecule has 118 valence electrons. The highest BCUT2D eigenvalue weighted by Gasteiger charge is 2.30. The van der Waals surface area contributed by atoms with Gasteiger partial charge in [-0.3, -0.25) is 0 Å². The Kier molecular flexibility index (Phi) is 6.97. The summed E-state index contributed by atoms with van der Waals surface area (Å²) in [7, 11) is 0. The van der Waals surface area contributed by atoms with Crippen molar-refractivity contribution in [2.24, 2.45) is 0 Å². The topological polar surface area (TPSA) is 12.0 Å². The van der Waals surface area contributed by atoms with E-state index in [9.17, 15) is 0 Å². The fourth-order valence-electron chi connectivity index (χ4n) is 2.98. The summed E-state index contributed by atoms with van der Waals surface area (Å²) in [6, 6.07) is 7.47. The standard InChI is InChI=1S/C18H29NS2/c1-5-8-19-17(18-15(4)20-9-10-21-18)12-16-11-13(2)6-7-14(16)3/h6-7,11,15,17-19H,5,8-10,12H2,1-4H3. The van der Waals surface area contributed by atoms with E-state index in [4.69, 9.17) is 0 Å². The third-order valence-electron chi connectivity index (χ3n) is 4.23. The molecule has 1 aromatic carbocycles. The molecule has 2 rings (SSSR count). The Morgan fingerprint density at radius 1 is 1.24 bits per heavy atom. The quantitative estimate of drug-likeness (QED) is 0.830. The molecule has 3 atom stereocenters. The molecule has 1 nitrogen and oxygen atoms in total. The lowest BCUT2D eigenvalue weighted by molar-refractivity contribution is 0.486. The molecule has 0 aromatic heterocycles. The molecule has 1 aromatic rings. The summed E-state index contributed by atoms with van der Waals surface area (Å²) in [6.45, 7) is 10.2. The van der Waals surface area contributed by atoms with Gasteiger partial charge in [-0.2, -0.15) is 23.5 Å². The van der Waals surface area contributed by atoms with Crippen LogP contribution in [0.5, 0.6) is 0 Å². The third kappa shape index (κ3) is 4.94. The molecule has 1 aliphatic heterocycles. The van der Waals surface area contributed by atoms with E-state index in [1.807, 2.05) is 0 Å². The first kappa shape index (κ1) is 17.2. The van der Waals surface area contributed by atoms with Crippen LogP contribution in [0.3, 0.4) is 0 Å². The van der Waals surface area contributed by atoms with Crippen LogP contribution in [0, 0.1) is 13.8 Å². The SMILES string of the molecule is CCCNC(Cc1cc(C)ccc1C)C1SCCSC1C. The average molecular weight is 324 g/mol. The van der Waals surface area contributed by atoms with Gasteiger partial charge in [-0.05, 0) is 44.4 Å². The minimum Gasteiger partial charge on any atom is -0.313 e. The fourth-order valence-corrected chi connectivity index (χ4v) is 5.94. The molecule has 21 heavy (non-hydrogen) atoms. The van der Waals surface area contributed by atoms with Crippen molar-refractivity contribution in [2.75, 3.05) is 18.1 Å². The summed E-state index contributed by atoms with van der Waals surface area (Å²) in [6.07, 6.45) is 2.37. The van der Waals surface area contributed by atoms with Crippen molar-refractivity contribution in [1.29, 1.82) is 0 Å². The molecular formula is C18H29NS2. The lowest BCUT2D eigenvalue weighted by Gasteiger charge is -2.35. The maximum atomic E-state index is 3.83. The summed E-state index contributed by atoms with van der Waals surface area (Å²) in [4.78, 5) is 0. The van der Waals surface area contributed by atoms with Gasteiger partial charge in [-0.1, -0.05) is 37.6 Å². The first-order chi connectivity index (χ1) is 10.1. The van der Waals surface area contributed by atoms with Gasteiger partial charge in [-0.15, -0.1) is 0 Å². The zero-order valence-corrected chi connectivity index (χ0v) is 15.4. The Balaban J connectivity index is 2.13. The van der Waals surface area contributed by atoms with E-state index in [-0.39, 0.29) is 0 Å². The minimum atomic E-state index is 0.596. The number of hydrogen-bond acceptors (Lipinski definition) is 3. The van der Waals surface area contributed by atoms with Crippen LogP contribution in [0.25, 0.3) is 0 Å². The van der Waals surface area contributed by atoms with Crippen LogP contribution in [0.1, 0.15) is 37.0 Å². The normalized spacial score (nSPS) is 24.0. The zero-order chi connectivity index (χ0) is 15.2. The van der Waals surface area contributed by atoms with E-state index in [0.29, 0.717) is 6.04 Å². The number of nitrogens with one attached hydrogen (secondary N) is 1. The summed E-state index contributed by atoms with van der Waals surface area (Å²) in [5.41, 5.74) is 4.33. The summed E-state index contributed by atoms with van der Waals surface area (Å²) >= 11 is 4.32. The van der Waals surface area contributed by atoms with Crippen LogP contribution in [-0.2, 0) is 6.42 Å². The lowest BCUT2D eigenvalue weighted by Crippen LogP contribution is -2.46. The molecule has 0 aliphatic carbocycles. The van der Waals surface area contributed by atoms with E-state index in [2.05, 4.69) is 74.7 Å². The number of aryl methyl sites for hydroxylation is 2. The Hall–Kier alpha value is -0.120. The van der Waals surface area contributed by atoms with Gasteiger partial charge >= 0.3 is 0 Å². The molecule has 1 aliphatic rings. The third-order valence-corrected chi connectivity index (χ3v) is 7.49. The van der Waals surface area contributed by atoms with Gasteiger partial charge in [0.2, 0.25) is 0 Å². The van der Waals surface area contributed by atoms with E-state index < -0.39 is 0 Å². The van der Waals surface area contributed by atoms with Gasteiger partial charge in [0.1, 0.15) is 0 Å². The van der Waals surface area contributed by atoms with E-state index >= 15 is 0 Å². The molecular weight excluding hydrogens is 294 g/mol. The monoisotopic (exact) mass is 323 g/mol. The first-order valence-corrected chi connectivity index (χ1v) is 10.2. The maximum Gasteiger partial charge on any atom is 0.0320 e. The molecule has 0 saturated carbocycles. The zero-order valence-electron chi connectivity index (χ0n) is 13.8. The Bertz CT molecular complexity index is 447. The van der Waals surface area contributed by atoms with Crippen molar-refractivity contribution in [1.82, 2.24) is 5.32 Å². The van der Waals surface area contributed by atoms with E-state index in [1.54, 1.807) is 0 Å². The Morgan fingerprint density at radius 3 is 2.71 bits per heavy atom. The predicted molar refractivity (Wildman–Crippen MR) is 99.9 cm³/mol. The number of hydrogen-bond donors (Lipinski definition) is 1. The van der Waals surface area contributed by atoms with Crippen LogP contribution in [0.2, 0.25) is 0 Å². The van der Waals surface area contributed by atoms with Gasteiger partial charge in [0.25, 0.3) is 0 Å². The van der Waals surface area contributed by atoms with E-state index in [0.717, 1.165) is 23.5 Å². The Morgan fingerprint density at radius 2 is 2.00 bits per heavy atom. The molecule has 1 heterocycles. The largest absolute Gasteiger partial charge is 0.313 e. The molecule has 1 N–H and O–H groups in total. The fraction of sp³-hybridized carbons (Fsp3) is 0.667. The highest BCUT2D eigenvalue weighted by molar-refractivity contribution is 8.07. The first-order valence-electron chi connectivity index (χ1n) is 8.14. The molecule has 0 spiro atoms. The van der Waals surface area contributed by atoms with Crippen molar-refractivity contribution < 1.29 is 0 Å². The van der Waals surface area contributed by atoms with E-state index in [1.165, 1.54) is 34.6 Å². The van der Waals surface area contributed by atoms with Gasteiger partial charge in [0.15, 0.2) is 0 Å². The maximum absolute atomic E-state index is 3.83. The highest BCUT2D eigenvalue weighted by Crippen LogP contribution is 2.34. The molecule has 1 saturated heterocycles. The summed E-state index contributed by atoms with van der Waals surface area (Å²) < 4.78 is 0. The number of thioether (sulfide) groups is 2. The minimum absolute atomic E-state index is 0.596. The van der Waals surface area contributed by atoms with Gasteiger partial charge < -0.3 is 5.32 Å².